The van der Waals surface area contributed by atoms with Crippen molar-refractivity contribution in [3.63, 3.8) is 0 Å². The lowest BCUT2D eigenvalue weighted by Crippen LogP contribution is -2.22. The molecular weight excluding hydrogens is 335 g/mol. The first-order chi connectivity index (χ1) is 11.1. The Morgan fingerprint density at radius 2 is 2.09 bits per heavy atom. The van der Waals surface area contributed by atoms with Gasteiger partial charge in [0, 0.05) is 13.1 Å². The molecule has 0 spiro atoms. The van der Waals surface area contributed by atoms with Crippen molar-refractivity contribution in [1.29, 1.82) is 0 Å². The van der Waals surface area contributed by atoms with E-state index in [1.807, 2.05) is 30.7 Å². The Kier molecular flexibility index (Phi) is 6.45. The van der Waals surface area contributed by atoms with Gasteiger partial charge in [-0.3, -0.25) is 0 Å². The first kappa shape index (κ1) is 17.8. The largest absolute Gasteiger partial charge is 0.486 e. The summed E-state index contributed by atoms with van der Waals surface area (Å²) in [5.74, 6) is 1.38. The Hall–Kier alpha value is -1.56. The molecule has 0 saturated heterocycles. The third-order valence-corrected chi connectivity index (χ3v) is 3.91. The molecule has 0 fully saturated rings. The lowest BCUT2D eigenvalue weighted by Gasteiger charge is -2.15. The van der Waals surface area contributed by atoms with Crippen LogP contribution < -0.4 is 10.1 Å². The predicted molar refractivity (Wildman–Crippen MR) is 93.1 cm³/mol. The van der Waals surface area contributed by atoms with Crippen molar-refractivity contribution >= 4 is 23.2 Å². The van der Waals surface area contributed by atoms with Crippen molar-refractivity contribution in [2.45, 2.75) is 33.0 Å². The summed E-state index contributed by atoms with van der Waals surface area (Å²) in [4.78, 5) is 4.29. The summed E-state index contributed by atoms with van der Waals surface area (Å²) in [5, 5.41) is 8.55. The van der Waals surface area contributed by atoms with E-state index < -0.39 is 0 Å². The van der Waals surface area contributed by atoms with Gasteiger partial charge in [-0.1, -0.05) is 35.9 Å². The summed E-state index contributed by atoms with van der Waals surface area (Å²) in [6.45, 7) is 9.44. The highest BCUT2D eigenvalue weighted by atomic mass is 35.5. The molecule has 23 heavy (non-hydrogen) atoms. The second-order valence-corrected chi connectivity index (χ2v) is 5.84. The molecule has 1 N–H and O–H groups in total. The van der Waals surface area contributed by atoms with Gasteiger partial charge in [-0.25, -0.2) is 9.67 Å². The van der Waals surface area contributed by atoms with Gasteiger partial charge in [0.25, 0.3) is 0 Å². The van der Waals surface area contributed by atoms with Crippen molar-refractivity contribution in [3.8, 4) is 5.75 Å². The van der Waals surface area contributed by atoms with E-state index in [1.54, 1.807) is 12.4 Å². The number of hydrogen-bond acceptors (Lipinski definition) is 4. The normalized spacial score (nSPS) is 12.2. The molecule has 0 aliphatic carbocycles. The molecule has 0 saturated carbocycles. The van der Waals surface area contributed by atoms with Crippen molar-refractivity contribution in [1.82, 2.24) is 20.1 Å². The van der Waals surface area contributed by atoms with Gasteiger partial charge in [0.2, 0.25) is 0 Å². The van der Waals surface area contributed by atoms with Crippen molar-refractivity contribution in [2.75, 3.05) is 6.61 Å². The maximum atomic E-state index is 6.23. The highest BCUT2D eigenvalue weighted by Gasteiger charge is 2.13. The van der Waals surface area contributed by atoms with Gasteiger partial charge in [-0.2, -0.15) is 5.10 Å². The van der Waals surface area contributed by atoms with Gasteiger partial charge in [0.05, 0.1) is 16.1 Å². The van der Waals surface area contributed by atoms with E-state index in [9.17, 15) is 0 Å². The van der Waals surface area contributed by atoms with Crippen molar-refractivity contribution in [2.24, 2.45) is 0 Å². The molecule has 124 valence electrons. The van der Waals surface area contributed by atoms with Crippen LogP contribution in [-0.4, -0.2) is 21.4 Å². The molecule has 1 heterocycles. The van der Waals surface area contributed by atoms with Gasteiger partial charge in [-0.05, 0) is 31.5 Å². The predicted octanol–water partition coefficient (Wildman–Crippen LogP) is 4.02. The number of nitrogens with one attached hydrogen (secondary N) is 1. The molecule has 0 unspecified atom stereocenters. The van der Waals surface area contributed by atoms with Crippen LogP contribution in [0.2, 0.25) is 10.0 Å². The molecule has 0 bridgehead atoms. The zero-order valence-corrected chi connectivity index (χ0v) is 14.7. The second kappa shape index (κ2) is 8.34. The van der Waals surface area contributed by atoms with Crippen LogP contribution in [0.25, 0.3) is 0 Å². The molecule has 1 aromatic heterocycles. The molecule has 0 amide bonds. The molecule has 0 radical (unpaired) electrons. The maximum absolute atomic E-state index is 6.23. The zero-order valence-electron chi connectivity index (χ0n) is 13.2. The smallest absolute Gasteiger partial charge is 0.156 e. The molecule has 2 rings (SSSR count). The third kappa shape index (κ3) is 4.47. The first-order valence-corrected chi connectivity index (χ1v) is 8.15. The summed E-state index contributed by atoms with van der Waals surface area (Å²) in [7, 11) is 0. The van der Waals surface area contributed by atoms with Crippen LogP contribution in [0.1, 0.15) is 31.3 Å². The number of ether oxygens (including phenoxy) is 1. The van der Waals surface area contributed by atoms with Gasteiger partial charge < -0.3 is 10.1 Å². The summed E-state index contributed by atoms with van der Waals surface area (Å²) < 4.78 is 7.33. The molecule has 5 nitrogen and oxygen atoms in total. The zero-order chi connectivity index (χ0) is 16.8. The maximum Gasteiger partial charge on any atom is 0.156 e. The lowest BCUT2D eigenvalue weighted by atomic mass is 10.2. The van der Waals surface area contributed by atoms with Gasteiger partial charge in [0.15, 0.2) is 5.75 Å². The van der Waals surface area contributed by atoms with Gasteiger partial charge >= 0.3 is 0 Å². The average Bonchev–Trinajstić information content (AvgIpc) is 3.00. The summed E-state index contributed by atoms with van der Waals surface area (Å²) in [5.41, 5.74) is 0.973. The number of halogens is 2. The first-order valence-electron chi connectivity index (χ1n) is 7.39. The quantitative estimate of drug-likeness (QED) is 0.727. The fourth-order valence-corrected chi connectivity index (χ4v) is 2.85. The van der Waals surface area contributed by atoms with E-state index >= 15 is 0 Å². The van der Waals surface area contributed by atoms with E-state index in [2.05, 4.69) is 22.0 Å². The molecule has 0 aliphatic heterocycles. The van der Waals surface area contributed by atoms with E-state index in [-0.39, 0.29) is 6.04 Å². The Balaban J connectivity index is 2.04. The Bertz CT molecular complexity index is 649. The molecule has 2 aromatic rings. The van der Waals surface area contributed by atoms with E-state index in [1.165, 1.54) is 0 Å². The highest BCUT2D eigenvalue weighted by molar-refractivity contribution is 6.37. The minimum Gasteiger partial charge on any atom is -0.486 e. The monoisotopic (exact) mass is 354 g/mol. The Morgan fingerprint density at radius 3 is 2.70 bits per heavy atom. The Labute approximate surface area is 146 Å². The number of nitrogens with zero attached hydrogens (tertiary/aromatic N) is 3. The van der Waals surface area contributed by atoms with Gasteiger partial charge in [0.1, 0.15) is 18.8 Å². The van der Waals surface area contributed by atoms with E-state index in [0.717, 1.165) is 17.9 Å². The summed E-state index contributed by atoms with van der Waals surface area (Å²) in [6.07, 6.45) is 3.21. The molecule has 7 heteroatoms. The average molecular weight is 355 g/mol. The van der Waals surface area contributed by atoms with Crippen LogP contribution in [0.5, 0.6) is 5.75 Å². The van der Waals surface area contributed by atoms with Crippen LogP contribution >= 0.6 is 23.2 Å². The Morgan fingerprint density at radius 1 is 1.39 bits per heavy atom. The molecule has 0 aliphatic rings. The SMILES string of the molecule is C=CCOc1c(Cl)cc(CN[C@H](C)c2ncnn2CC)cc1Cl. The second-order valence-electron chi connectivity index (χ2n) is 5.02. The van der Waals surface area contributed by atoms with Crippen LogP contribution in [0.15, 0.2) is 31.1 Å². The number of aryl methyl sites for hydroxylation is 1. The van der Waals surface area contributed by atoms with Crippen LogP contribution in [0, 0.1) is 0 Å². The molecular formula is C16H20Cl2N4O. The van der Waals surface area contributed by atoms with E-state index in [0.29, 0.717) is 28.9 Å². The molecule has 1 aromatic carbocycles. The van der Waals surface area contributed by atoms with Crippen molar-refractivity contribution in [3.05, 3.63) is 52.5 Å². The highest BCUT2D eigenvalue weighted by Crippen LogP contribution is 2.34. The fourth-order valence-electron chi connectivity index (χ4n) is 2.21. The number of benzene rings is 1. The fraction of sp³-hybridized carbons (Fsp3) is 0.375. The van der Waals surface area contributed by atoms with Crippen LogP contribution in [0.4, 0.5) is 0 Å². The van der Waals surface area contributed by atoms with E-state index in [4.69, 9.17) is 27.9 Å². The topological polar surface area (TPSA) is 52.0 Å². The third-order valence-electron chi connectivity index (χ3n) is 3.35. The van der Waals surface area contributed by atoms with Gasteiger partial charge in [-0.15, -0.1) is 0 Å². The number of aromatic nitrogens is 3. The summed E-state index contributed by atoms with van der Waals surface area (Å²) >= 11 is 12.5. The van der Waals surface area contributed by atoms with Crippen LogP contribution in [-0.2, 0) is 13.1 Å². The number of hydrogen-bond donors (Lipinski definition) is 1. The number of rotatable bonds is 8. The summed E-state index contributed by atoms with van der Waals surface area (Å²) in [6, 6.07) is 3.75. The van der Waals surface area contributed by atoms with Crippen LogP contribution in [0.3, 0.4) is 0 Å². The minimum absolute atomic E-state index is 0.0618. The van der Waals surface area contributed by atoms with Crippen molar-refractivity contribution < 1.29 is 4.74 Å². The standard InChI is InChI=1S/C16H20Cl2N4O/c1-4-6-23-15-13(17)7-12(8-14(15)18)9-19-11(3)16-20-10-21-22(16)5-2/h4,7-8,10-11,19H,1,5-6,9H2,2-3H3/t11-/m1/s1. The minimum atomic E-state index is 0.0618. The molecule has 1 atom stereocenters. The lowest BCUT2D eigenvalue weighted by molar-refractivity contribution is 0.363.